The van der Waals surface area contributed by atoms with Crippen LogP contribution in [0.15, 0.2) is 48.5 Å². The summed E-state index contributed by atoms with van der Waals surface area (Å²) in [4.78, 5) is 17.1. The van der Waals surface area contributed by atoms with E-state index in [9.17, 15) is 4.79 Å². The SMILES string of the molecule is COc1ccc(OC)c(C(=O)/C=C/c2ccccc2N(C)CCN(C)C)c1. The average Bonchev–Trinajstić information content (AvgIpc) is 2.69. The summed E-state index contributed by atoms with van der Waals surface area (Å²) in [6, 6.07) is 13.3. The molecule has 0 bridgehead atoms. The molecule has 0 heterocycles. The normalized spacial score (nSPS) is 11.0. The van der Waals surface area contributed by atoms with Crippen molar-refractivity contribution >= 4 is 17.5 Å². The van der Waals surface area contributed by atoms with Crippen molar-refractivity contribution in [3.05, 3.63) is 59.7 Å². The number of anilines is 1. The highest BCUT2D eigenvalue weighted by molar-refractivity contribution is 6.09. The van der Waals surface area contributed by atoms with Crippen LogP contribution in [0.1, 0.15) is 15.9 Å². The van der Waals surface area contributed by atoms with Gasteiger partial charge in [0.2, 0.25) is 0 Å². The van der Waals surface area contributed by atoms with E-state index in [1.807, 2.05) is 24.3 Å². The molecule has 0 saturated carbocycles. The van der Waals surface area contributed by atoms with Crippen LogP contribution in [-0.2, 0) is 0 Å². The Hall–Kier alpha value is -2.79. The van der Waals surface area contributed by atoms with Gasteiger partial charge in [-0.1, -0.05) is 18.2 Å². The van der Waals surface area contributed by atoms with Gasteiger partial charge < -0.3 is 19.3 Å². The fourth-order valence-corrected chi connectivity index (χ4v) is 2.71. The molecular weight excluding hydrogens is 340 g/mol. The minimum Gasteiger partial charge on any atom is -0.497 e. The smallest absolute Gasteiger partial charge is 0.189 e. The van der Waals surface area contributed by atoms with Crippen molar-refractivity contribution in [3.63, 3.8) is 0 Å². The molecule has 0 aliphatic heterocycles. The zero-order valence-electron chi connectivity index (χ0n) is 16.7. The number of carbonyl (C=O) groups excluding carboxylic acids is 1. The first-order chi connectivity index (χ1) is 13.0. The van der Waals surface area contributed by atoms with Gasteiger partial charge in [-0.3, -0.25) is 4.79 Å². The summed E-state index contributed by atoms with van der Waals surface area (Å²) in [6.45, 7) is 1.85. The van der Waals surface area contributed by atoms with Crippen LogP contribution in [-0.4, -0.2) is 59.1 Å². The number of hydrogen-bond acceptors (Lipinski definition) is 5. The lowest BCUT2D eigenvalue weighted by Gasteiger charge is -2.23. The number of para-hydroxylation sites is 1. The van der Waals surface area contributed by atoms with Crippen LogP contribution < -0.4 is 14.4 Å². The Balaban J connectivity index is 2.24. The molecule has 27 heavy (non-hydrogen) atoms. The molecule has 5 nitrogen and oxygen atoms in total. The van der Waals surface area contributed by atoms with E-state index in [0.29, 0.717) is 17.1 Å². The minimum atomic E-state index is -0.128. The average molecular weight is 368 g/mol. The fraction of sp³-hybridized carbons (Fsp3) is 0.318. The minimum absolute atomic E-state index is 0.128. The number of rotatable bonds is 9. The molecule has 0 saturated heterocycles. The van der Waals surface area contributed by atoms with E-state index in [-0.39, 0.29) is 5.78 Å². The second-order valence-corrected chi connectivity index (χ2v) is 6.55. The van der Waals surface area contributed by atoms with Crippen LogP contribution in [0, 0.1) is 0 Å². The first-order valence-electron chi connectivity index (χ1n) is 8.85. The molecule has 2 rings (SSSR count). The van der Waals surface area contributed by atoms with Gasteiger partial charge in [-0.15, -0.1) is 0 Å². The van der Waals surface area contributed by atoms with Crippen molar-refractivity contribution < 1.29 is 14.3 Å². The summed E-state index contributed by atoms with van der Waals surface area (Å²) in [7, 11) is 9.30. The number of benzene rings is 2. The third-order valence-electron chi connectivity index (χ3n) is 4.32. The lowest BCUT2D eigenvalue weighted by molar-refractivity contribution is 0.104. The van der Waals surface area contributed by atoms with E-state index < -0.39 is 0 Å². The highest BCUT2D eigenvalue weighted by Crippen LogP contribution is 2.26. The zero-order chi connectivity index (χ0) is 19.8. The quantitative estimate of drug-likeness (QED) is 0.500. The molecule has 2 aromatic rings. The van der Waals surface area contributed by atoms with Crippen LogP contribution in [0.5, 0.6) is 11.5 Å². The Labute approximate surface area is 161 Å². The van der Waals surface area contributed by atoms with Gasteiger partial charge in [0.15, 0.2) is 5.78 Å². The standard InChI is InChI=1S/C22H28N2O3/c1-23(2)14-15-24(3)20-9-7-6-8-17(20)10-12-21(25)19-16-18(26-4)11-13-22(19)27-5/h6-13,16H,14-15H2,1-5H3/b12-10+. The zero-order valence-corrected chi connectivity index (χ0v) is 16.7. The maximum absolute atomic E-state index is 12.7. The summed E-state index contributed by atoms with van der Waals surface area (Å²) in [6.07, 6.45) is 3.43. The van der Waals surface area contributed by atoms with Gasteiger partial charge >= 0.3 is 0 Å². The molecule has 0 amide bonds. The highest BCUT2D eigenvalue weighted by Gasteiger charge is 2.12. The van der Waals surface area contributed by atoms with Crippen molar-refractivity contribution in [2.75, 3.05) is 53.4 Å². The van der Waals surface area contributed by atoms with Crippen molar-refractivity contribution in [2.24, 2.45) is 0 Å². The summed E-state index contributed by atoms with van der Waals surface area (Å²) in [5, 5.41) is 0. The Morgan fingerprint density at radius 1 is 1.00 bits per heavy atom. The molecule has 0 N–H and O–H groups in total. The summed E-state index contributed by atoms with van der Waals surface area (Å²) in [5.41, 5.74) is 2.56. The molecule has 144 valence electrons. The third kappa shape index (κ3) is 5.59. The van der Waals surface area contributed by atoms with Crippen LogP contribution in [0.3, 0.4) is 0 Å². The fourth-order valence-electron chi connectivity index (χ4n) is 2.71. The molecular formula is C22H28N2O3. The molecule has 0 aromatic heterocycles. The predicted octanol–water partition coefficient (Wildman–Crippen LogP) is 3.60. The second kappa shape index (κ2) is 9.78. The molecule has 0 unspecified atom stereocenters. The van der Waals surface area contributed by atoms with Gasteiger partial charge in [-0.2, -0.15) is 0 Å². The van der Waals surface area contributed by atoms with E-state index in [0.717, 1.165) is 24.3 Å². The maximum Gasteiger partial charge on any atom is 0.189 e. The van der Waals surface area contributed by atoms with Gasteiger partial charge in [-0.25, -0.2) is 0 Å². The molecule has 0 atom stereocenters. The van der Waals surface area contributed by atoms with Gasteiger partial charge in [0.25, 0.3) is 0 Å². The highest BCUT2D eigenvalue weighted by atomic mass is 16.5. The van der Waals surface area contributed by atoms with E-state index >= 15 is 0 Å². The number of hydrogen-bond donors (Lipinski definition) is 0. The van der Waals surface area contributed by atoms with Gasteiger partial charge in [0.1, 0.15) is 11.5 Å². The first-order valence-corrected chi connectivity index (χ1v) is 8.85. The molecule has 0 aliphatic carbocycles. The summed E-state index contributed by atoms with van der Waals surface area (Å²) >= 11 is 0. The van der Waals surface area contributed by atoms with Crippen molar-refractivity contribution in [1.82, 2.24) is 4.90 Å². The van der Waals surface area contributed by atoms with Crippen LogP contribution in [0.4, 0.5) is 5.69 Å². The van der Waals surface area contributed by atoms with Gasteiger partial charge in [0, 0.05) is 25.8 Å². The maximum atomic E-state index is 12.7. The molecule has 0 spiro atoms. The Bertz CT molecular complexity index is 800. The number of allylic oxidation sites excluding steroid dienone is 1. The van der Waals surface area contributed by atoms with Crippen LogP contribution in [0.2, 0.25) is 0 Å². The molecule has 0 radical (unpaired) electrons. The van der Waals surface area contributed by atoms with Gasteiger partial charge in [-0.05, 0) is 56.1 Å². The molecule has 0 aliphatic rings. The number of likely N-dealkylation sites (N-methyl/N-ethyl adjacent to an activating group) is 2. The Morgan fingerprint density at radius 2 is 1.74 bits per heavy atom. The number of ketones is 1. The third-order valence-corrected chi connectivity index (χ3v) is 4.32. The number of ether oxygens (including phenoxy) is 2. The van der Waals surface area contributed by atoms with E-state index in [1.54, 1.807) is 38.5 Å². The number of methoxy groups -OCH3 is 2. The van der Waals surface area contributed by atoms with Crippen molar-refractivity contribution in [2.45, 2.75) is 0 Å². The van der Waals surface area contributed by atoms with Gasteiger partial charge in [0.05, 0.1) is 19.8 Å². The van der Waals surface area contributed by atoms with Crippen LogP contribution in [0.25, 0.3) is 6.08 Å². The number of nitrogens with zero attached hydrogens (tertiary/aromatic N) is 2. The molecule has 2 aromatic carbocycles. The summed E-state index contributed by atoms with van der Waals surface area (Å²) in [5.74, 6) is 1.02. The Kier molecular flexibility index (Phi) is 7.44. The lowest BCUT2D eigenvalue weighted by atomic mass is 10.1. The van der Waals surface area contributed by atoms with Crippen molar-refractivity contribution in [3.8, 4) is 11.5 Å². The monoisotopic (exact) mass is 368 g/mol. The summed E-state index contributed by atoms with van der Waals surface area (Å²) < 4.78 is 10.5. The Morgan fingerprint density at radius 3 is 2.41 bits per heavy atom. The first kappa shape index (κ1) is 20.5. The largest absolute Gasteiger partial charge is 0.497 e. The molecule has 0 fully saturated rings. The van der Waals surface area contributed by atoms with E-state index in [2.05, 4.69) is 37.0 Å². The van der Waals surface area contributed by atoms with E-state index in [1.165, 1.54) is 0 Å². The molecule has 5 heteroatoms. The number of carbonyl (C=O) groups is 1. The van der Waals surface area contributed by atoms with Crippen molar-refractivity contribution in [1.29, 1.82) is 0 Å². The topological polar surface area (TPSA) is 42.0 Å². The lowest BCUT2D eigenvalue weighted by Crippen LogP contribution is -2.28. The second-order valence-electron chi connectivity index (χ2n) is 6.55. The van der Waals surface area contributed by atoms with E-state index in [4.69, 9.17) is 9.47 Å². The predicted molar refractivity (Wildman–Crippen MR) is 111 cm³/mol. The van der Waals surface area contributed by atoms with Crippen LogP contribution >= 0.6 is 0 Å².